The van der Waals surface area contributed by atoms with Crippen LogP contribution in [-0.4, -0.2) is 25.8 Å². The number of aromatic amines is 2. The van der Waals surface area contributed by atoms with E-state index >= 15 is 0 Å². The van der Waals surface area contributed by atoms with Crippen LogP contribution in [0.5, 0.6) is 0 Å². The lowest BCUT2D eigenvalue weighted by Gasteiger charge is -2.22. The van der Waals surface area contributed by atoms with Crippen LogP contribution >= 0.6 is 0 Å². The number of anilines is 2. The van der Waals surface area contributed by atoms with E-state index in [1.807, 2.05) is 91.9 Å². The number of hydrogen-bond acceptors (Lipinski definition) is 3. The predicted molar refractivity (Wildman–Crippen MR) is 194 cm³/mol. The van der Waals surface area contributed by atoms with Gasteiger partial charge in [0.25, 0.3) is 0 Å². The average Bonchev–Trinajstić information content (AvgIpc) is 3.92. The Kier molecular flexibility index (Phi) is 6.95. The van der Waals surface area contributed by atoms with E-state index in [4.69, 9.17) is 9.97 Å². The molecule has 0 aliphatic carbocycles. The summed E-state index contributed by atoms with van der Waals surface area (Å²) in [6, 6.07) is 38.8. The number of carbonyl (C=O) groups is 1. The van der Waals surface area contributed by atoms with Gasteiger partial charge in [-0.2, -0.15) is 0 Å². The first-order valence-electron chi connectivity index (χ1n) is 15.6. The van der Waals surface area contributed by atoms with Crippen LogP contribution in [0.2, 0.25) is 0 Å². The first-order chi connectivity index (χ1) is 23.0. The van der Waals surface area contributed by atoms with Crippen LogP contribution in [0.25, 0.3) is 68.6 Å². The second-order valence-corrected chi connectivity index (χ2v) is 11.7. The molecule has 8 bridgehead atoms. The quantitative estimate of drug-likeness (QED) is 0.208. The SMILES string of the molecule is CC(=O)N(c1ccc(C)cc1)c1c2nc(c(-c3ccccc3)c3ccc(cc4nc(c(-c5ccccc5)c5ccc1[nH]5)C=C4)[nH]3)C=C2. The summed E-state index contributed by atoms with van der Waals surface area (Å²) in [5.41, 5.74) is 13.3. The Balaban J connectivity index is 1.54. The molecule has 3 aromatic carbocycles. The Morgan fingerprint density at radius 3 is 1.85 bits per heavy atom. The van der Waals surface area contributed by atoms with E-state index < -0.39 is 0 Å². The fourth-order valence-corrected chi connectivity index (χ4v) is 6.34. The summed E-state index contributed by atoms with van der Waals surface area (Å²) < 4.78 is 0. The van der Waals surface area contributed by atoms with E-state index in [0.717, 1.165) is 72.7 Å². The van der Waals surface area contributed by atoms with Crippen LogP contribution in [0.15, 0.2) is 115 Å². The number of rotatable bonds is 4. The molecule has 6 aromatic rings. The first-order valence-corrected chi connectivity index (χ1v) is 15.6. The predicted octanol–water partition coefficient (Wildman–Crippen LogP) is 9.98. The molecule has 0 fully saturated rings. The van der Waals surface area contributed by atoms with Gasteiger partial charge in [-0.3, -0.25) is 9.69 Å². The topological polar surface area (TPSA) is 77.7 Å². The number of carbonyl (C=O) groups excluding carboxylic acids is 1. The van der Waals surface area contributed by atoms with Crippen LogP contribution in [0.1, 0.15) is 35.3 Å². The maximum absolute atomic E-state index is 13.6. The Bertz CT molecular complexity index is 2340. The monoisotopic (exact) mass is 609 g/mol. The molecule has 0 atom stereocenters. The zero-order chi connectivity index (χ0) is 31.9. The molecule has 0 saturated heterocycles. The van der Waals surface area contributed by atoms with Crippen LogP contribution in [0.3, 0.4) is 0 Å². The highest BCUT2D eigenvalue weighted by atomic mass is 16.2. The number of aryl methyl sites for hydroxylation is 1. The van der Waals surface area contributed by atoms with Crippen LogP contribution in [0.4, 0.5) is 11.4 Å². The van der Waals surface area contributed by atoms with Crippen molar-refractivity contribution in [3.05, 3.63) is 144 Å². The van der Waals surface area contributed by atoms with Gasteiger partial charge in [-0.15, -0.1) is 0 Å². The molecule has 2 aliphatic rings. The molecule has 6 heteroatoms. The summed E-state index contributed by atoms with van der Waals surface area (Å²) in [6.07, 6.45) is 8.13. The summed E-state index contributed by atoms with van der Waals surface area (Å²) >= 11 is 0. The van der Waals surface area contributed by atoms with Crippen molar-refractivity contribution in [3.8, 4) is 22.3 Å². The molecule has 2 N–H and O–H groups in total. The third-order valence-corrected chi connectivity index (χ3v) is 8.50. The Morgan fingerprint density at radius 1 is 0.596 bits per heavy atom. The van der Waals surface area contributed by atoms with E-state index in [1.165, 1.54) is 0 Å². The number of hydrogen-bond donors (Lipinski definition) is 2. The molecule has 5 heterocycles. The molecule has 2 aliphatic heterocycles. The number of nitrogens with one attached hydrogen (secondary N) is 2. The number of nitrogens with zero attached hydrogens (tertiary/aromatic N) is 3. The smallest absolute Gasteiger partial charge is 0.228 e. The van der Waals surface area contributed by atoms with Gasteiger partial charge in [0.1, 0.15) is 0 Å². The number of aromatic nitrogens is 4. The Labute approximate surface area is 272 Å². The standard InChI is InChI=1S/C41H31N5O/c1-26-13-17-32(18-14-26)46(27(2)47)41-37-23-21-35(44-37)39(28-9-5-3-6-10-28)33-19-15-30(42-33)25-31-16-20-34(43-31)40(29-11-7-4-8-12-29)36-22-24-38(41)45-36/h3-25,42,45H,1-2H3. The molecule has 226 valence electrons. The molecule has 47 heavy (non-hydrogen) atoms. The third-order valence-electron chi connectivity index (χ3n) is 8.50. The van der Waals surface area contributed by atoms with Gasteiger partial charge in [0.05, 0.1) is 34.0 Å². The van der Waals surface area contributed by atoms with Gasteiger partial charge >= 0.3 is 0 Å². The van der Waals surface area contributed by atoms with Crippen molar-refractivity contribution >= 4 is 63.7 Å². The van der Waals surface area contributed by atoms with Gasteiger partial charge in [0.2, 0.25) is 5.91 Å². The molecule has 0 spiro atoms. The van der Waals surface area contributed by atoms with Crippen LogP contribution < -0.4 is 4.90 Å². The number of fused-ring (bicyclic) bond motifs is 8. The second kappa shape index (κ2) is 11.6. The second-order valence-electron chi connectivity index (χ2n) is 11.7. The maximum Gasteiger partial charge on any atom is 0.228 e. The first kappa shape index (κ1) is 28.2. The maximum atomic E-state index is 13.6. The number of benzene rings is 3. The van der Waals surface area contributed by atoms with Crippen molar-refractivity contribution in [3.63, 3.8) is 0 Å². The summed E-state index contributed by atoms with van der Waals surface area (Å²) in [7, 11) is 0. The van der Waals surface area contributed by atoms with E-state index in [1.54, 1.807) is 11.8 Å². The van der Waals surface area contributed by atoms with E-state index in [2.05, 4.69) is 64.6 Å². The summed E-state index contributed by atoms with van der Waals surface area (Å²) in [5, 5.41) is 0. The molecular weight excluding hydrogens is 578 g/mol. The zero-order valence-corrected chi connectivity index (χ0v) is 26.0. The zero-order valence-electron chi connectivity index (χ0n) is 26.0. The highest BCUT2D eigenvalue weighted by Gasteiger charge is 2.23. The third kappa shape index (κ3) is 5.26. The van der Waals surface area contributed by atoms with Crippen LogP contribution in [0, 0.1) is 6.92 Å². The number of H-pyrrole nitrogens is 2. The lowest BCUT2D eigenvalue weighted by molar-refractivity contribution is -0.115. The fraction of sp³-hybridized carbons (Fsp3) is 0.0488. The van der Waals surface area contributed by atoms with Crippen molar-refractivity contribution in [1.29, 1.82) is 0 Å². The van der Waals surface area contributed by atoms with Gasteiger partial charge in [0.15, 0.2) is 0 Å². The van der Waals surface area contributed by atoms with E-state index in [-0.39, 0.29) is 5.91 Å². The van der Waals surface area contributed by atoms with Crippen molar-refractivity contribution in [2.45, 2.75) is 13.8 Å². The molecule has 0 radical (unpaired) electrons. The molecule has 0 unspecified atom stereocenters. The molecule has 1 amide bonds. The van der Waals surface area contributed by atoms with Gasteiger partial charge in [-0.1, -0.05) is 78.4 Å². The molecule has 0 saturated carbocycles. The Morgan fingerprint density at radius 2 is 1.17 bits per heavy atom. The largest absolute Gasteiger partial charge is 0.355 e. The van der Waals surface area contributed by atoms with Crippen molar-refractivity contribution < 1.29 is 4.79 Å². The minimum absolute atomic E-state index is 0.120. The molecule has 8 rings (SSSR count). The van der Waals surface area contributed by atoms with Crippen molar-refractivity contribution in [2.75, 3.05) is 4.90 Å². The van der Waals surface area contributed by atoms with Crippen molar-refractivity contribution in [1.82, 2.24) is 19.9 Å². The highest BCUT2D eigenvalue weighted by Crippen LogP contribution is 2.38. The highest BCUT2D eigenvalue weighted by molar-refractivity contribution is 6.06. The summed E-state index contributed by atoms with van der Waals surface area (Å²) in [5.74, 6) is -0.120. The average molecular weight is 610 g/mol. The van der Waals surface area contributed by atoms with Gasteiger partial charge < -0.3 is 9.97 Å². The van der Waals surface area contributed by atoms with Crippen molar-refractivity contribution in [2.24, 2.45) is 0 Å². The Hall–Kier alpha value is -6.27. The number of amides is 1. The molecule has 6 nitrogen and oxygen atoms in total. The van der Waals surface area contributed by atoms with Gasteiger partial charge in [0, 0.05) is 40.3 Å². The molecular formula is C41H31N5O. The lowest BCUT2D eigenvalue weighted by Crippen LogP contribution is -2.23. The van der Waals surface area contributed by atoms with E-state index in [9.17, 15) is 4.79 Å². The van der Waals surface area contributed by atoms with Gasteiger partial charge in [-0.25, -0.2) is 9.97 Å². The normalized spacial score (nSPS) is 12.0. The minimum Gasteiger partial charge on any atom is -0.355 e. The van der Waals surface area contributed by atoms with E-state index in [0.29, 0.717) is 11.4 Å². The van der Waals surface area contributed by atoms with Crippen LogP contribution in [-0.2, 0) is 4.79 Å². The minimum atomic E-state index is -0.120. The fourth-order valence-electron chi connectivity index (χ4n) is 6.34. The summed E-state index contributed by atoms with van der Waals surface area (Å²) in [6.45, 7) is 3.63. The lowest BCUT2D eigenvalue weighted by atomic mass is 10.0. The van der Waals surface area contributed by atoms with Gasteiger partial charge in [-0.05, 0) is 84.8 Å². The molecule has 3 aromatic heterocycles. The summed E-state index contributed by atoms with van der Waals surface area (Å²) in [4.78, 5) is 32.9.